The van der Waals surface area contributed by atoms with Gasteiger partial charge in [-0.15, -0.1) is 0 Å². The lowest BCUT2D eigenvalue weighted by Gasteiger charge is -2.25. The molecular formula is C14H16N2O3. The first-order valence-corrected chi connectivity index (χ1v) is 6.27. The van der Waals surface area contributed by atoms with Crippen LogP contribution in [0.4, 0.5) is 4.79 Å². The Morgan fingerprint density at radius 3 is 2.53 bits per heavy atom. The molecule has 0 radical (unpaired) electrons. The van der Waals surface area contributed by atoms with Gasteiger partial charge in [-0.05, 0) is 17.9 Å². The zero-order valence-corrected chi connectivity index (χ0v) is 10.8. The molecule has 1 atom stereocenters. The number of urea groups is 1. The third kappa shape index (κ3) is 3.19. The molecule has 19 heavy (non-hydrogen) atoms. The predicted octanol–water partition coefficient (Wildman–Crippen LogP) is 1.65. The standard InChI is InChI=1S/C14H16N2O3/c1-10(11-5-3-2-4-6-11)7-8-16-13(18)9-12(17)15-14(16)19/h2-6,10H,7-9H2,1H3,(H,15,17,19). The molecule has 0 bridgehead atoms. The number of imide groups is 2. The molecule has 1 aromatic carbocycles. The van der Waals surface area contributed by atoms with Gasteiger partial charge in [0.25, 0.3) is 0 Å². The van der Waals surface area contributed by atoms with E-state index in [1.165, 1.54) is 5.56 Å². The summed E-state index contributed by atoms with van der Waals surface area (Å²) in [4.78, 5) is 35.3. The van der Waals surface area contributed by atoms with Gasteiger partial charge in [0.2, 0.25) is 11.8 Å². The van der Waals surface area contributed by atoms with Gasteiger partial charge in [-0.1, -0.05) is 37.3 Å². The first-order valence-electron chi connectivity index (χ1n) is 6.27. The monoisotopic (exact) mass is 260 g/mol. The molecule has 1 unspecified atom stereocenters. The van der Waals surface area contributed by atoms with Crippen molar-refractivity contribution in [3.8, 4) is 0 Å². The Kier molecular flexibility index (Phi) is 3.94. The van der Waals surface area contributed by atoms with E-state index in [-0.39, 0.29) is 12.3 Å². The predicted molar refractivity (Wildman–Crippen MR) is 69.3 cm³/mol. The van der Waals surface area contributed by atoms with Crippen LogP contribution in [-0.2, 0) is 9.59 Å². The third-order valence-electron chi connectivity index (χ3n) is 3.26. The lowest BCUT2D eigenvalue weighted by molar-refractivity contribution is -0.136. The molecule has 0 aliphatic carbocycles. The lowest BCUT2D eigenvalue weighted by atomic mass is 9.97. The molecule has 5 heteroatoms. The number of hydrogen-bond acceptors (Lipinski definition) is 3. The Morgan fingerprint density at radius 1 is 1.21 bits per heavy atom. The summed E-state index contributed by atoms with van der Waals surface area (Å²) in [5.41, 5.74) is 1.17. The molecule has 0 spiro atoms. The van der Waals surface area contributed by atoms with Gasteiger partial charge in [0, 0.05) is 6.54 Å². The van der Waals surface area contributed by atoms with Crippen molar-refractivity contribution in [3.63, 3.8) is 0 Å². The number of rotatable bonds is 4. The van der Waals surface area contributed by atoms with Crippen LogP contribution in [0, 0.1) is 0 Å². The van der Waals surface area contributed by atoms with Crippen LogP contribution in [0.15, 0.2) is 30.3 Å². The van der Waals surface area contributed by atoms with Crippen molar-refractivity contribution < 1.29 is 14.4 Å². The fourth-order valence-corrected chi connectivity index (χ4v) is 2.07. The Hall–Kier alpha value is -2.17. The van der Waals surface area contributed by atoms with Crippen LogP contribution in [0.3, 0.4) is 0 Å². The largest absolute Gasteiger partial charge is 0.330 e. The zero-order valence-electron chi connectivity index (χ0n) is 10.8. The van der Waals surface area contributed by atoms with E-state index in [2.05, 4.69) is 5.32 Å². The Balaban J connectivity index is 1.93. The lowest BCUT2D eigenvalue weighted by Crippen LogP contribution is -2.52. The molecule has 4 amide bonds. The van der Waals surface area contributed by atoms with Gasteiger partial charge in [-0.25, -0.2) is 4.79 Å². The van der Waals surface area contributed by atoms with E-state index in [4.69, 9.17) is 0 Å². The number of barbiturate groups is 1. The smallest absolute Gasteiger partial charge is 0.277 e. The van der Waals surface area contributed by atoms with E-state index in [1.54, 1.807) is 0 Å². The van der Waals surface area contributed by atoms with E-state index < -0.39 is 17.8 Å². The summed E-state index contributed by atoms with van der Waals surface area (Å²) in [5, 5.41) is 2.15. The molecule has 1 N–H and O–H groups in total. The maximum atomic E-state index is 11.6. The van der Waals surface area contributed by atoms with Gasteiger partial charge in [0.1, 0.15) is 6.42 Å². The maximum Gasteiger partial charge on any atom is 0.330 e. The molecule has 2 rings (SSSR count). The van der Waals surface area contributed by atoms with Gasteiger partial charge in [-0.2, -0.15) is 0 Å². The number of nitrogens with zero attached hydrogens (tertiary/aromatic N) is 1. The SMILES string of the molecule is CC(CCN1C(=O)CC(=O)NC1=O)c1ccccc1. The normalized spacial score (nSPS) is 17.3. The molecule has 1 aromatic rings. The molecular weight excluding hydrogens is 244 g/mol. The summed E-state index contributed by atoms with van der Waals surface area (Å²) in [6.07, 6.45) is 0.433. The van der Waals surface area contributed by atoms with Crippen molar-refractivity contribution >= 4 is 17.8 Å². The van der Waals surface area contributed by atoms with E-state index >= 15 is 0 Å². The highest BCUT2D eigenvalue weighted by Crippen LogP contribution is 2.19. The summed E-state index contributed by atoms with van der Waals surface area (Å²) in [6.45, 7) is 2.38. The van der Waals surface area contributed by atoms with E-state index in [1.807, 2.05) is 37.3 Å². The highest BCUT2D eigenvalue weighted by molar-refractivity contribution is 6.14. The Bertz CT molecular complexity index is 479. The number of hydrogen-bond donors (Lipinski definition) is 1. The van der Waals surface area contributed by atoms with Crippen molar-refractivity contribution in [2.75, 3.05) is 6.54 Å². The van der Waals surface area contributed by atoms with Crippen LogP contribution < -0.4 is 5.32 Å². The molecule has 1 heterocycles. The van der Waals surface area contributed by atoms with Gasteiger partial charge >= 0.3 is 6.03 Å². The quantitative estimate of drug-likeness (QED) is 0.837. The molecule has 1 aliphatic heterocycles. The summed E-state index contributed by atoms with van der Waals surface area (Å²) in [5.74, 6) is -0.698. The van der Waals surface area contributed by atoms with Crippen molar-refractivity contribution in [2.45, 2.75) is 25.7 Å². The number of carbonyl (C=O) groups is 3. The molecule has 100 valence electrons. The van der Waals surface area contributed by atoms with Crippen LogP contribution in [0.2, 0.25) is 0 Å². The molecule has 1 fully saturated rings. The van der Waals surface area contributed by atoms with Crippen molar-refractivity contribution in [1.29, 1.82) is 0 Å². The first-order chi connectivity index (χ1) is 9.08. The molecule has 0 saturated carbocycles. The molecule has 1 aliphatic rings. The summed E-state index contributed by atoms with van der Waals surface area (Å²) in [6, 6.07) is 9.30. The summed E-state index contributed by atoms with van der Waals surface area (Å²) in [7, 11) is 0. The number of benzene rings is 1. The van der Waals surface area contributed by atoms with Gasteiger partial charge in [0.15, 0.2) is 0 Å². The highest BCUT2D eigenvalue weighted by atomic mass is 16.2. The van der Waals surface area contributed by atoms with Crippen LogP contribution >= 0.6 is 0 Å². The van der Waals surface area contributed by atoms with Crippen molar-refractivity contribution in [2.24, 2.45) is 0 Å². The minimum atomic E-state index is -0.610. The van der Waals surface area contributed by atoms with Gasteiger partial charge in [0.05, 0.1) is 0 Å². The first kappa shape index (κ1) is 13.3. The zero-order chi connectivity index (χ0) is 13.8. The topological polar surface area (TPSA) is 66.5 Å². The van der Waals surface area contributed by atoms with Crippen LogP contribution in [-0.4, -0.2) is 29.3 Å². The van der Waals surface area contributed by atoms with E-state index in [0.717, 1.165) is 4.90 Å². The average Bonchev–Trinajstić information content (AvgIpc) is 2.38. The highest BCUT2D eigenvalue weighted by Gasteiger charge is 2.30. The van der Waals surface area contributed by atoms with E-state index in [0.29, 0.717) is 13.0 Å². The summed E-state index contributed by atoms with van der Waals surface area (Å²) >= 11 is 0. The Morgan fingerprint density at radius 2 is 1.89 bits per heavy atom. The molecule has 1 saturated heterocycles. The number of carbonyl (C=O) groups excluding carboxylic acids is 3. The van der Waals surface area contributed by atoms with E-state index in [9.17, 15) is 14.4 Å². The molecule has 0 aromatic heterocycles. The minimum absolute atomic E-state index is 0.245. The van der Waals surface area contributed by atoms with Crippen molar-refractivity contribution in [1.82, 2.24) is 10.2 Å². The third-order valence-corrected chi connectivity index (χ3v) is 3.26. The molecule has 5 nitrogen and oxygen atoms in total. The van der Waals surface area contributed by atoms with Crippen LogP contribution in [0.25, 0.3) is 0 Å². The van der Waals surface area contributed by atoms with Crippen LogP contribution in [0.1, 0.15) is 31.2 Å². The fourth-order valence-electron chi connectivity index (χ4n) is 2.07. The second-order valence-electron chi connectivity index (χ2n) is 4.68. The average molecular weight is 260 g/mol. The number of amides is 4. The van der Waals surface area contributed by atoms with Crippen molar-refractivity contribution in [3.05, 3.63) is 35.9 Å². The Labute approximate surface area is 111 Å². The van der Waals surface area contributed by atoms with Crippen LogP contribution in [0.5, 0.6) is 0 Å². The summed E-state index contributed by atoms with van der Waals surface area (Å²) < 4.78 is 0. The second-order valence-corrected chi connectivity index (χ2v) is 4.68. The van der Waals surface area contributed by atoms with Gasteiger partial charge < -0.3 is 0 Å². The fraction of sp³-hybridized carbons (Fsp3) is 0.357. The minimum Gasteiger partial charge on any atom is -0.277 e. The van der Waals surface area contributed by atoms with Gasteiger partial charge in [-0.3, -0.25) is 19.8 Å². The second kappa shape index (κ2) is 5.65. The maximum absolute atomic E-state index is 11.6. The number of nitrogens with one attached hydrogen (secondary N) is 1.